The van der Waals surface area contributed by atoms with Gasteiger partial charge in [-0.05, 0) is 59.4 Å². The van der Waals surface area contributed by atoms with E-state index in [9.17, 15) is 13.0 Å². The summed E-state index contributed by atoms with van der Waals surface area (Å²) in [5, 5.41) is 1.44. The molecule has 0 N–H and O–H groups in total. The minimum absolute atomic E-state index is 0. The van der Waals surface area contributed by atoms with Gasteiger partial charge in [-0.2, -0.15) is 0 Å². The molecule has 180 valence electrons. The van der Waals surface area contributed by atoms with Gasteiger partial charge in [-0.15, -0.1) is 0 Å². The Morgan fingerprint density at radius 1 is 0.758 bits per heavy atom. The molecule has 0 aromatic heterocycles. The van der Waals surface area contributed by atoms with E-state index in [-0.39, 0.29) is 34.5 Å². The predicted molar refractivity (Wildman–Crippen MR) is 135 cm³/mol. The van der Waals surface area contributed by atoms with Crippen LogP contribution in [0, 0.1) is 11.8 Å². The maximum atomic E-state index is 12.4. The molecule has 0 fully saturated rings. The Morgan fingerprint density at radius 2 is 1.27 bits per heavy atom. The Morgan fingerprint density at radius 3 is 1.82 bits per heavy atom. The topological polar surface area (TPSA) is 57.2 Å². The van der Waals surface area contributed by atoms with Crippen molar-refractivity contribution in [3.8, 4) is 0 Å². The first-order valence-electron chi connectivity index (χ1n) is 12.7. The average molecular weight is 483 g/mol. The van der Waals surface area contributed by atoms with E-state index < -0.39 is 10.1 Å². The first-order valence-corrected chi connectivity index (χ1v) is 14.1. The maximum Gasteiger partial charge on any atom is 1.00 e. The molecule has 0 heterocycles. The van der Waals surface area contributed by atoms with Gasteiger partial charge >= 0.3 is 29.6 Å². The van der Waals surface area contributed by atoms with E-state index in [1.807, 2.05) is 18.2 Å². The molecule has 0 aliphatic rings. The molecule has 3 nitrogen and oxygen atoms in total. The van der Waals surface area contributed by atoms with Gasteiger partial charge in [0.2, 0.25) is 0 Å². The van der Waals surface area contributed by atoms with Crippen LogP contribution in [0.2, 0.25) is 0 Å². The Bertz CT molecular complexity index is 936. The first kappa shape index (κ1) is 30.6. The molecular weight excluding hydrogens is 439 g/mol. The van der Waals surface area contributed by atoms with Gasteiger partial charge in [-0.25, -0.2) is 8.42 Å². The number of rotatable bonds is 15. The van der Waals surface area contributed by atoms with Crippen molar-refractivity contribution < 1.29 is 42.5 Å². The summed E-state index contributed by atoms with van der Waals surface area (Å²) in [5.41, 5.74) is 1.84. The van der Waals surface area contributed by atoms with Crippen LogP contribution in [0.5, 0.6) is 0 Å². The third kappa shape index (κ3) is 10.8. The van der Waals surface area contributed by atoms with Gasteiger partial charge in [0.25, 0.3) is 0 Å². The van der Waals surface area contributed by atoms with Crippen molar-refractivity contribution >= 4 is 20.9 Å². The zero-order valence-electron chi connectivity index (χ0n) is 21.7. The van der Waals surface area contributed by atoms with Crippen LogP contribution in [-0.2, 0) is 23.0 Å². The van der Waals surface area contributed by atoms with E-state index in [1.165, 1.54) is 32.1 Å². The van der Waals surface area contributed by atoms with Crippen molar-refractivity contribution in [1.82, 2.24) is 0 Å². The number of hydrogen-bond acceptors (Lipinski definition) is 3. The van der Waals surface area contributed by atoms with Gasteiger partial charge < -0.3 is 4.55 Å². The quantitative estimate of drug-likeness (QED) is 0.203. The van der Waals surface area contributed by atoms with Gasteiger partial charge in [-0.1, -0.05) is 109 Å². The van der Waals surface area contributed by atoms with Crippen LogP contribution in [0.15, 0.2) is 35.2 Å². The standard InChI is InChI=1S/C28H44O3S.Na/c1-22(2)15-9-5-7-11-17-24-21-25-18-13-14-20-27(25)28(32(29,30)31)26(24)19-12-8-6-10-16-23(3)4;/h13-14,18,20-23H,5-12,15-17,19H2,1-4H3,(H,29,30,31);/q;+1/p-1. The number of fused-ring (bicyclic) bond motifs is 1. The van der Waals surface area contributed by atoms with Gasteiger partial charge in [0.05, 0.1) is 4.90 Å². The molecule has 2 rings (SSSR count). The fourth-order valence-electron chi connectivity index (χ4n) is 4.63. The van der Waals surface area contributed by atoms with E-state index in [0.717, 1.165) is 66.9 Å². The molecule has 0 aliphatic carbocycles. The Labute approximate surface area is 225 Å². The zero-order chi connectivity index (χ0) is 23.6. The van der Waals surface area contributed by atoms with Crippen LogP contribution in [0.1, 0.15) is 103 Å². The Balaban J connectivity index is 0.00000544. The third-order valence-electron chi connectivity index (χ3n) is 6.38. The molecule has 2 aromatic carbocycles. The van der Waals surface area contributed by atoms with Crippen LogP contribution in [0.3, 0.4) is 0 Å². The van der Waals surface area contributed by atoms with Crippen LogP contribution in [0.4, 0.5) is 0 Å². The molecule has 33 heavy (non-hydrogen) atoms. The van der Waals surface area contributed by atoms with Crippen molar-refractivity contribution in [1.29, 1.82) is 0 Å². The van der Waals surface area contributed by atoms with Crippen molar-refractivity contribution in [2.75, 3.05) is 0 Å². The third-order valence-corrected chi connectivity index (χ3v) is 7.35. The van der Waals surface area contributed by atoms with Gasteiger partial charge in [-0.3, -0.25) is 0 Å². The second-order valence-electron chi connectivity index (χ2n) is 10.2. The largest absolute Gasteiger partial charge is 1.00 e. The van der Waals surface area contributed by atoms with E-state index >= 15 is 0 Å². The monoisotopic (exact) mass is 482 g/mol. The van der Waals surface area contributed by atoms with Crippen LogP contribution in [0.25, 0.3) is 10.8 Å². The number of aryl methyl sites for hydroxylation is 1. The first-order chi connectivity index (χ1) is 15.2. The molecular formula is C28H43NaO3S. The summed E-state index contributed by atoms with van der Waals surface area (Å²) in [6.07, 6.45) is 13.0. The smallest absolute Gasteiger partial charge is 0.744 e. The second-order valence-corrected chi connectivity index (χ2v) is 11.5. The summed E-state index contributed by atoms with van der Waals surface area (Å²) in [5.74, 6) is 1.47. The summed E-state index contributed by atoms with van der Waals surface area (Å²) < 4.78 is 37.1. The summed E-state index contributed by atoms with van der Waals surface area (Å²) in [6, 6.07) is 9.56. The molecule has 0 amide bonds. The maximum absolute atomic E-state index is 12.4. The summed E-state index contributed by atoms with van der Waals surface area (Å²) in [7, 11) is -4.54. The summed E-state index contributed by atoms with van der Waals surface area (Å²) in [4.78, 5) is 0.0348. The van der Waals surface area contributed by atoms with E-state index in [0.29, 0.717) is 11.8 Å². The summed E-state index contributed by atoms with van der Waals surface area (Å²) >= 11 is 0. The minimum Gasteiger partial charge on any atom is -0.744 e. The molecule has 0 unspecified atom stereocenters. The average Bonchev–Trinajstić information content (AvgIpc) is 2.71. The van der Waals surface area contributed by atoms with E-state index in [4.69, 9.17) is 0 Å². The summed E-state index contributed by atoms with van der Waals surface area (Å²) in [6.45, 7) is 9.01. The van der Waals surface area contributed by atoms with Crippen molar-refractivity contribution in [2.24, 2.45) is 11.8 Å². The Hall–Kier alpha value is -0.390. The van der Waals surface area contributed by atoms with Crippen LogP contribution >= 0.6 is 0 Å². The molecule has 0 saturated heterocycles. The van der Waals surface area contributed by atoms with Gasteiger partial charge in [0, 0.05) is 0 Å². The molecule has 5 heteroatoms. The van der Waals surface area contributed by atoms with Crippen molar-refractivity contribution in [3.05, 3.63) is 41.5 Å². The van der Waals surface area contributed by atoms with Gasteiger partial charge in [0.15, 0.2) is 0 Å². The molecule has 0 saturated carbocycles. The zero-order valence-corrected chi connectivity index (χ0v) is 24.5. The van der Waals surface area contributed by atoms with Crippen molar-refractivity contribution in [2.45, 2.75) is 110 Å². The van der Waals surface area contributed by atoms with Crippen molar-refractivity contribution in [3.63, 3.8) is 0 Å². The van der Waals surface area contributed by atoms with E-state index in [1.54, 1.807) is 6.07 Å². The van der Waals surface area contributed by atoms with Gasteiger partial charge in [0.1, 0.15) is 10.1 Å². The number of hydrogen-bond donors (Lipinski definition) is 0. The molecule has 0 atom stereocenters. The predicted octanol–water partition coefficient (Wildman–Crippen LogP) is 5.05. The van der Waals surface area contributed by atoms with E-state index in [2.05, 4.69) is 33.8 Å². The molecule has 0 aliphatic heterocycles. The second kappa shape index (κ2) is 15.6. The molecule has 0 radical (unpaired) electrons. The Kier molecular flexibility index (Phi) is 14.5. The molecule has 2 aromatic rings. The minimum atomic E-state index is -4.54. The number of benzene rings is 2. The normalized spacial score (nSPS) is 12.0. The molecule has 0 spiro atoms. The molecule has 0 bridgehead atoms. The SMILES string of the molecule is CC(C)CCCCCCc1cc2ccccc2c(S(=O)(=O)[O-])c1CCCCCCC(C)C.[Na+]. The number of unbranched alkanes of at least 4 members (excludes halogenated alkanes) is 6. The van der Waals surface area contributed by atoms with Crippen LogP contribution in [-0.4, -0.2) is 13.0 Å². The fraction of sp³-hybridized carbons (Fsp3) is 0.643. The fourth-order valence-corrected chi connectivity index (χ4v) is 5.62. The van der Waals surface area contributed by atoms with Crippen LogP contribution < -0.4 is 29.6 Å².